The van der Waals surface area contributed by atoms with E-state index in [2.05, 4.69) is 12.2 Å². The first-order valence-electron chi connectivity index (χ1n) is 5.81. The summed E-state index contributed by atoms with van der Waals surface area (Å²) in [4.78, 5) is 1.07. The number of hydrogen-bond acceptors (Lipinski definition) is 2. The quantitative estimate of drug-likeness (QED) is 0.846. The number of thiocarbonyl (C=S) groups is 1. The van der Waals surface area contributed by atoms with Gasteiger partial charge in [0.15, 0.2) is 0 Å². The molecular weight excluding hydrogens is 273 g/mol. The van der Waals surface area contributed by atoms with Crippen LogP contribution in [0.2, 0.25) is 0 Å². The van der Waals surface area contributed by atoms with Crippen LogP contribution in [0, 0.1) is 12.8 Å². The smallest absolute Gasteiger partial charge is 0.393 e. The van der Waals surface area contributed by atoms with Crippen LogP contribution in [-0.4, -0.2) is 29.7 Å². The number of benzene rings is 1. The average Bonchev–Trinajstić information content (AvgIpc) is 2.27. The molecule has 0 heterocycles. The highest BCUT2D eigenvalue weighted by atomic mass is 32.1. The summed E-state index contributed by atoms with van der Waals surface area (Å²) in [6.45, 7) is 2.13. The Kier molecular flexibility index (Phi) is 5.31. The molecule has 19 heavy (non-hydrogen) atoms. The van der Waals surface area contributed by atoms with Crippen LogP contribution in [0.15, 0.2) is 24.3 Å². The van der Waals surface area contributed by atoms with E-state index < -0.39 is 17.1 Å². The van der Waals surface area contributed by atoms with Gasteiger partial charge < -0.3 is 10.6 Å². The Labute approximate surface area is 116 Å². The molecule has 0 saturated heterocycles. The minimum Gasteiger partial charge on any atom is -0.393 e. The van der Waals surface area contributed by atoms with E-state index in [0.29, 0.717) is 6.54 Å². The van der Waals surface area contributed by atoms with E-state index in [4.69, 9.17) is 5.73 Å². The van der Waals surface area contributed by atoms with E-state index in [1.165, 1.54) is 0 Å². The number of alkyl halides is 3. The number of rotatable bonds is 5. The number of nitrogens with two attached hydrogens (primary N) is 1. The third-order valence-electron chi connectivity index (χ3n) is 2.93. The third kappa shape index (κ3) is 4.80. The maximum atomic E-state index is 12.8. The molecule has 0 fully saturated rings. The molecule has 0 saturated carbocycles. The second-order valence-corrected chi connectivity index (χ2v) is 5.09. The fraction of sp³-hybridized carbons (Fsp3) is 0.462. The predicted octanol–water partition coefficient (Wildman–Crippen LogP) is 2.89. The molecule has 0 radical (unpaired) electrons. The molecular formula is C13H17F3N2S. The first kappa shape index (κ1) is 15.9. The van der Waals surface area contributed by atoms with Gasteiger partial charge in [0, 0.05) is 13.1 Å². The highest BCUT2D eigenvalue weighted by Crippen LogP contribution is 2.27. The Morgan fingerprint density at radius 3 is 2.42 bits per heavy atom. The Hall–Kier alpha value is -1.14. The van der Waals surface area contributed by atoms with E-state index in [1.807, 2.05) is 31.2 Å². The standard InChI is InChI=1S/C13H17F3N2S/c1-9-5-3-4-6-10(9)7-18(2)8-11(12(17)19)13(14,15)16/h3-6,11H,7-8H2,1-2H3,(H2,17,19). The van der Waals surface area contributed by atoms with Crippen molar-refractivity contribution < 1.29 is 13.2 Å². The zero-order valence-electron chi connectivity index (χ0n) is 10.9. The number of nitrogens with zero attached hydrogens (tertiary/aromatic N) is 1. The minimum absolute atomic E-state index is 0.229. The van der Waals surface area contributed by atoms with Gasteiger partial charge in [0.1, 0.15) is 5.92 Å². The molecule has 1 unspecified atom stereocenters. The molecule has 1 atom stereocenters. The van der Waals surface area contributed by atoms with Crippen LogP contribution in [0.4, 0.5) is 13.2 Å². The summed E-state index contributed by atoms with van der Waals surface area (Å²) in [6.07, 6.45) is -4.40. The highest BCUT2D eigenvalue weighted by molar-refractivity contribution is 7.80. The van der Waals surface area contributed by atoms with Crippen LogP contribution in [0.5, 0.6) is 0 Å². The zero-order valence-corrected chi connectivity index (χ0v) is 11.7. The summed E-state index contributed by atoms with van der Waals surface area (Å²) in [6, 6.07) is 7.59. The molecule has 0 amide bonds. The molecule has 0 bridgehead atoms. The van der Waals surface area contributed by atoms with E-state index in [0.717, 1.165) is 11.1 Å². The summed E-state index contributed by atoms with van der Waals surface area (Å²) < 4.78 is 38.3. The second kappa shape index (κ2) is 6.34. The monoisotopic (exact) mass is 290 g/mol. The van der Waals surface area contributed by atoms with Crippen LogP contribution < -0.4 is 5.73 Å². The summed E-state index contributed by atoms with van der Waals surface area (Å²) in [5, 5.41) is 0. The van der Waals surface area contributed by atoms with Gasteiger partial charge in [0.05, 0.1) is 4.99 Å². The van der Waals surface area contributed by atoms with Crippen molar-refractivity contribution in [3.63, 3.8) is 0 Å². The fourth-order valence-electron chi connectivity index (χ4n) is 1.81. The summed E-state index contributed by atoms with van der Waals surface area (Å²) >= 11 is 4.50. The molecule has 106 valence electrons. The predicted molar refractivity (Wildman–Crippen MR) is 73.8 cm³/mol. The lowest BCUT2D eigenvalue weighted by molar-refractivity contribution is -0.158. The van der Waals surface area contributed by atoms with E-state index >= 15 is 0 Å². The number of aryl methyl sites for hydroxylation is 1. The SMILES string of the molecule is Cc1ccccc1CN(C)CC(C(N)=S)C(F)(F)F. The molecule has 1 aromatic carbocycles. The second-order valence-electron chi connectivity index (χ2n) is 4.62. The van der Waals surface area contributed by atoms with Crippen molar-refractivity contribution in [2.75, 3.05) is 13.6 Å². The largest absolute Gasteiger partial charge is 0.399 e. The van der Waals surface area contributed by atoms with Crippen molar-refractivity contribution in [2.45, 2.75) is 19.6 Å². The van der Waals surface area contributed by atoms with Gasteiger partial charge in [-0.3, -0.25) is 0 Å². The Balaban J connectivity index is 2.71. The van der Waals surface area contributed by atoms with Crippen molar-refractivity contribution in [3.8, 4) is 0 Å². The molecule has 1 rings (SSSR count). The molecule has 2 nitrogen and oxygen atoms in total. The maximum Gasteiger partial charge on any atom is 0.399 e. The van der Waals surface area contributed by atoms with E-state index in [9.17, 15) is 13.2 Å². The van der Waals surface area contributed by atoms with Gasteiger partial charge in [-0.2, -0.15) is 13.2 Å². The van der Waals surface area contributed by atoms with Crippen LogP contribution >= 0.6 is 12.2 Å². The minimum atomic E-state index is -4.40. The number of halogens is 3. The lowest BCUT2D eigenvalue weighted by Crippen LogP contribution is -2.42. The van der Waals surface area contributed by atoms with Gasteiger partial charge in [-0.15, -0.1) is 0 Å². The van der Waals surface area contributed by atoms with Crippen LogP contribution in [0.3, 0.4) is 0 Å². The Morgan fingerprint density at radius 2 is 1.95 bits per heavy atom. The third-order valence-corrected chi connectivity index (χ3v) is 3.22. The van der Waals surface area contributed by atoms with Crippen molar-refractivity contribution in [3.05, 3.63) is 35.4 Å². The van der Waals surface area contributed by atoms with Crippen molar-refractivity contribution in [1.82, 2.24) is 4.90 Å². The first-order chi connectivity index (χ1) is 8.71. The Morgan fingerprint density at radius 1 is 1.37 bits per heavy atom. The lowest BCUT2D eigenvalue weighted by atomic mass is 10.1. The van der Waals surface area contributed by atoms with Gasteiger partial charge in [-0.05, 0) is 25.1 Å². The zero-order chi connectivity index (χ0) is 14.6. The first-order valence-corrected chi connectivity index (χ1v) is 6.21. The van der Waals surface area contributed by atoms with Crippen LogP contribution in [0.25, 0.3) is 0 Å². The Bertz CT molecular complexity index is 446. The van der Waals surface area contributed by atoms with Gasteiger partial charge in [0.2, 0.25) is 0 Å². The summed E-state index contributed by atoms with van der Waals surface area (Å²) in [7, 11) is 1.63. The van der Waals surface area contributed by atoms with Gasteiger partial charge in [-0.1, -0.05) is 36.5 Å². The summed E-state index contributed by atoms with van der Waals surface area (Å²) in [5.41, 5.74) is 7.22. The molecule has 0 spiro atoms. The molecule has 0 aliphatic heterocycles. The molecule has 0 aliphatic rings. The van der Waals surface area contributed by atoms with Gasteiger partial charge in [0.25, 0.3) is 0 Å². The van der Waals surface area contributed by atoms with Crippen molar-refractivity contribution in [2.24, 2.45) is 11.7 Å². The molecule has 6 heteroatoms. The van der Waals surface area contributed by atoms with Gasteiger partial charge in [-0.25, -0.2) is 0 Å². The molecule has 2 N–H and O–H groups in total. The van der Waals surface area contributed by atoms with Crippen molar-refractivity contribution in [1.29, 1.82) is 0 Å². The average molecular weight is 290 g/mol. The maximum absolute atomic E-state index is 12.8. The molecule has 0 aromatic heterocycles. The normalized spacial score (nSPS) is 13.6. The molecule has 1 aromatic rings. The van der Waals surface area contributed by atoms with E-state index in [1.54, 1.807) is 11.9 Å². The lowest BCUT2D eigenvalue weighted by Gasteiger charge is -2.25. The van der Waals surface area contributed by atoms with Gasteiger partial charge >= 0.3 is 6.18 Å². The highest BCUT2D eigenvalue weighted by Gasteiger charge is 2.42. The van der Waals surface area contributed by atoms with Crippen molar-refractivity contribution >= 4 is 17.2 Å². The topological polar surface area (TPSA) is 29.3 Å². The number of hydrogen-bond donors (Lipinski definition) is 1. The fourth-order valence-corrected chi connectivity index (χ4v) is 2.02. The van der Waals surface area contributed by atoms with E-state index in [-0.39, 0.29) is 6.54 Å². The molecule has 0 aliphatic carbocycles. The summed E-state index contributed by atoms with van der Waals surface area (Å²) in [5.74, 6) is -1.77. The van der Waals surface area contributed by atoms with Crippen LogP contribution in [-0.2, 0) is 6.54 Å². The van der Waals surface area contributed by atoms with Crippen LogP contribution in [0.1, 0.15) is 11.1 Å².